The number of anilines is 1. The minimum Gasteiger partial charge on any atom is -0.423 e. The number of nitrogens with one attached hydrogen (secondary N) is 1. The molecular formula is C22H28ClN3O4S. The summed E-state index contributed by atoms with van der Waals surface area (Å²) in [6.07, 6.45) is 6.76. The van der Waals surface area contributed by atoms with Crippen molar-refractivity contribution in [1.29, 1.82) is 0 Å². The Labute approximate surface area is 187 Å². The fraction of sp³-hybridized carbons (Fsp3) is 0.636. The third kappa shape index (κ3) is 4.42. The average Bonchev–Trinajstić information content (AvgIpc) is 3.33. The Kier molecular flexibility index (Phi) is 5.41. The van der Waals surface area contributed by atoms with E-state index in [0.717, 1.165) is 62.7 Å². The predicted octanol–water partition coefficient (Wildman–Crippen LogP) is 3.56. The molecule has 1 aromatic carbocycles. The fourth-order valence-electron chi connectivity index (χ4n) is 5.39. The molecule has 31 heavy (non-hydrogen) atoms. The largest absolute Gasteiger partial charge is 0.423 e. The zero-order valence-electron chi connectivity index (χ0n) is 17.5. The van der Waals surface area contributed by atoms with E-state index >= 15 is 0 Å². The van der Waals surface area contributed by atoms with Crippen molar-refractivity contribution in [3.8, 4) is 0 Å². The average molecular weight is 466 g/mol. The SMILES string of the molecule is O=C(NC1CCC2(CC1)CCN(c1nc3cc(Cl)ccc3o1)CC2)[C@H]1CCS(=O)(=O)C1. The van der Waals surface area contributed by atoms with Gasteiger partial charge in [-0.25, -0.2) is 8.42 Å². The quantitative estimate of drug-likeness (QED) is 0.745. The summed E-state index contributed by atoms with van der Waals surface area (Å²) in [5, 5.41) is 3.78. The van der Waals surface area contributed by atoms with Crippen LogP contribution in [0.15, 0.2) is 22.6 Å². The Morgan fingerprint density at radius 3 is 2.58 bits per heavy atom. The molecule has 3 heterocycles. The molecule has 5 rings (SSSR count). The lowest BCUT2D eigenvalue weighted by atomic mass is 9.67. The summed E-state index contributed by atoms with van der Waals surface area (Å²) in [4.78, 5) is 19.3. The Bertz CT molecular complexity index is 1080. The topological polar surface area (TPSA) is 92.5 Å². The molecule has 1 atom stereocenters. The van der Waals surface area contributed by atoms with Crippen LogP contribution in [0.25, 0.3) is 11.1 Å². The van der Waals surface area contributed by atoms with Gasteiger partial charge in [-0.1, -0.05) is 11.6 Å². The molecule has 0 unspecified atom stereocenters. The van der Waals surface area contributed by atoms with Gasteiger partial charge in [0, 0.05) is 24.2 Å². The summed E-state index contributed by atoms with van der Waals surface area (Å²) < 4.78 is 29.2. The van der Waals surface area contributed by atoms with E-state index in [-0.39, 0.29) is 29.4 Å². The van der Waals surface area contributed by atoms with Gasteiger partial charge in [-0.3, -0.25) is 4.79 Å². The Balaban J connectivity index is 1.13. The number of carbonyl (C=O) groups excluding carboxylic acids is 1. The first-order chi connectivity index (χ1) is 14.8. The van der Waals surface area contributed by atoms with Gasteiger partial charge in [0.1, 0.15) is 5.52 Å². The molecular weight excluding hydrogens is 438 g/mol. The number of benzene rings is 1. The number of hydrogen-bond acceptors (Lipinski definition) is 6. The summed E-state index contributed by atoms with van der Waals surface area (Å²) in [7, 11) is -3.03. The number of rotatable bonds is 3. The standard InChI is InChI=1S/C22H28ClN3O4S/c23-16-1-2-19-18(13-16)25-21(30-19)26-10-8-22(9-11-26)6-3-17(4-7-22)24-20(27)15-5-12-31(28,29)14-15/h1-2,13,15,17H,3-12,14H2,(H,24,27)/t15-/m0/s1. The van der Waals surface area contributed by atoms with Crippen LogP contribution in [-0.4, -0.2) is 49.9 Å². The molecule has 2 aliphatic heterocycles. The smallest absolute Gasteiger partial charge is 0.298 e. The molecule has 2 aromatic rings. The summed E-state index contributed by atoms with van der Waals surface area (Å²) in [5.74, 6) is -0.293. The van der Waals surface area contributed by atoms with E-state index in [1.165, 1.54) is 0 Å². The Morgan fingerprint density at radius 2 is 1.90 bits per heavy atom. The Hall–Kier alpha value is -1.80. The molecule has 3 fully saturated rings. The predicted molar refractivity (Wildman–Crippen MR) is 120 cm³/mol. The van der Waals surface area contributed by atoms with Crippen LogP contribution >= 0.6 is 11.6 Å². The first-order valence-corrected chi connectivity index (χ1v) is 13.3. The number of nitrogens with zero attached hydrogens (tertiary/aromatic N) is 2. The normalized spacial score (nSPS) is 25.8. The van der Waals surface area contributed by atoms with E-state index in [2.05, 4.69) is 15.2 Å². The van der Waals surface area contributed by atoms with Crippen LogP contribution in [0.4, 0.5) is 6.01 Å². The molecule has 3 aliphatic rings. The van der Waals surface area contributed by atoms with Gasteiger partial charge in [-0.05, 0) is 68.6 Å². The number of halogens is 1. The first-order valence-electron chi connectivity index (χ1n) is 11.1. The maximum Gasteiger partial charge on any atom is 0.298 e. The van der Waals surface area contributed by atoms with Crippen molar-refractivity contribution in [2.75, 3.05) is 29.5 Å². The highest BCUT2D eigenvalue weighted by Gasteiger charge is 2.40. The van der Waals surface area contributed by atoms with Crippen molar-refractivity contribution >= 4 is 44.5 Å². The molecule has 9 heteroatoms. The van der Waals surface area contributed by atoms with Gasteiger partial charge in [-0.15, -0.1) is 0 Å². The van der Waals surface area contributed by atoms with Crippen molar-refractivity contribution in [3.05, 3.63) is 23.2 Å². The van der Waals surface area contributed by atoms with E-state index in [1.807, 2.05) is 18.2 Å². The van der Waals surface area contributed by atoms with Gasteiger partial charge in [0.25, 0.3) is 6.01 Å². The second-order valence-electron chi connectivity index (χ2n) is 9.48. The first kappa shape index (κ1) is 21.1. The minimum atomic E-state index is -3.03. The van der Waals surface area contributed by atoms with Gasteiger partial charge < -0.3 is 14.6 Å². The summed E-state index contributed by atoms with van der Waals surface area (Å²) >= 11 is 6.06. The number of carbonyl (C=O) groups is 1. The number of fused-ring (bicyclic) bond motifs is 1. The maximum absolute atomic E-state index is 12.5. The highest BCUT2D eigenvalue weighted by Crippen LogP contribution is 2.45. The molecule has 1 spiro atoms. The summed E-state index contributed by atoms with van der Waals surface area (Å²) in [6, 6.07) is 6.33. The molecule has 1 saturated carbocycles. The van der Waals surface area contributed by atoms with E-state index in [0.29, 0.717) is 22.9 Å². The lowest BCUT2D eigenvalue weighted by molar-refractivity contribution is -0.125. The molecule has 0 radical (unpaired) electrons. The van der Waals surface area contributed by atoms with Crippen LogP contribution in [0.3, 0.4) is 0 Å². The molecule has 168 valence electrons. The van der Waals surface area contributed by atoms with Crippen LogP contribution in [0, 0.1) is 11.3 Å². The van der Waals surface area contributed by atoms with Crippen molar-refractivity contribution in [2.45, 2.75) is 51.0 Å². The third-order valence-corrected chi connectivity index (χ3v) is 9.43. The van der Waals surface area contributed by atoms with Crippen molar-refractivity contribution in [3.63, 3.8) is 0 Å². The molecule has 0 bridgehead atoms. The lowest BCUT2D eigenvalue weighted by Crippen LogP contribution is -2.47. The van der Waals surface area contributed by atoms with Gasteiger partial charge in [0.15, 0.2) is 15.4 Å². The van der Waals surface area contributed by atoms with Gasteiger partial charge >= 0.3 is 0 Å². The van der Waals surface area contributed by atoms with Crippen LogP contribution in [-0.2, 0) is 14.6 Å². The Morgan fingerprint density at radius 1 is 1.16 bits per heavy atom. The van der Waals surface area contributed by atoms with Crippen LogP contribution in [0.2, 0.25) is 5.02 Å². The van der Waals surface area contributed by atoms with Gasteiger partial charge in [-0.2, -0.15) is 4.98 Å². The van der Waals surface area contributed by atoms with E-state index < -0.39 is 9.84 Å². The highest BCUT2D eigenvalue weighted by molar-refractivity contribution is 7.91. The van der Waals surface area contributed by atoms with Crippen LogP contribution in [0.1, 0.15) is 44.9 Å². The number of oxazole rings is 1. The number of hydrogen-bond donors (Lipinski definition) is 1. The second-order valence-corrected chi connectivity index (χ2v) is 12.1. The van der Waals surface area contributed by atoms with Crippen molar-refractivity contribution in [2.24, 2.45) is 11.3 Å². The third-order valence-electron chi connectivity index (χ3n) is 7.43. The zero-order valence-corrected chi connectivity index (χ0v) is 19.1. The summed E-state index contributed by atoms with van der Waals surface area (Å²) in [6.45, 7) is 1.83. The second kappa shape index (κ2) is 7.96. The number of amides is 1. The lowest BCUT2D eigenvalue weighted by Gasteiger charge is -2.45. The van der Waals surface area contributed by atoms with Crippen molar-refractivity contribution < 1.29 is 17.6 Å². The number of piperidine rings is 1. The summed E-state index contributed by atoms with van der Waals surface area (Å²) in [5.41, 5.74) is 1.86. The molecule has 1 N–H and O–H groups in total. The molecule has 1 aliphatic carbocycles. The monoisotopic (exact) mass is 465 g/mol. The van der Waals surface area contributed by atoms with E-state index in [9.17, 15) is 13.2 Å². The number of sulfone groups is 1. The highest BCUT2D eigenvalue weighted by atomic mass is 35.5. The van der Waals surface area contributed by atoms with Crippen molar-refractivity contribution in [1.82, 2.24) is 10.3 Å². The van der Waals surface area contributed by atoms with E-state index in [4.69, 9.17) is 16.0 Å². The van der Waals surface area contributed by atoms with Gasteiger partial charge in [0.05, 0.1) is 17.4 Å². The fourth-order valence-corrected chi connectivity index (χ4v) is 7.30. The molecule has 7 nitrogen and oxygen atoms in total. The van der Waals surface area contributed by atoms with E-state index in [1.54, 1.807) is 0 Å². The maximum atomic E-state index is 12.5. The minimum absolute atomic E-state index is 0.00730. The molecule has 1 amide bonds. The molecule has 2 saturated heterocycles. The molecule has 1 aromatic heterocycles. The van der Waals surface area contributed by atoms with Crippen LogP contribution in [0.5, 0.6) is 0 Å². The van der Waals surface area contributed by atoms with Gasteiger partial charge in [0.2, 0.25) is 5.91 Å². The number of aromatic nitrogens is 1. The zero-order chi connectivity index (χ0) is 21.6. The van der Waals surface area contributed by atoms with Crippen LogP contribution < -0.4 is 10.2 Å².